The fraction of sp³-hybridized carbons (Fsp3) is 0.467. The summed E-state index contributed by atoms with van der Waals surface area (Å²) in [4.78, 5) is 12.4. The summed E-state index contributed by atoms with van der Waals surface area (Å²) >= 11 is 1.77. The van der Waals surface area contributed by atoms with Crippen LogP contribution in [0, 0.1) is 0 Å². The van der Waals surface area contributed by atoms with Crippen molar-refractivity contribution < 1.29 is 0 Å². The Balaban J connectivity index is 2.39. The number of aromatic nitrogens is 2. The lowest BCUT2D eigenvalue weighted by molar-refractivity contribution is 0.669. The predicted octanol–water partition coefficient (Wildman–Crippen LogP) is 3.19. The number of rotatable bonds is 7. The Labute approximate surface area is 130 Å². The Morgan fingerprint density at radius 3 is 2.76 bits per heavy atom. The minimum atomic E-state index is 0.350. The van der Waals surface area contributed by atoms with E-state index in [2.05, 4.69) is 58.6 Å². The highest BCUT2D eigenvalue weighted by molar-refractivity contribution is 7.09. The van der Waals surface area contributed by atoms with Crippen LogP contribution in [0.2, 0.25) is 0 Å². The zero-order chi connectivity index (χ0) is 15.2. The number of nitrogens with one attached hydrogen (secondary N) is 1. The van der Waals surface area contributed by atoms with Gasteiger partial charge in [0.2, 0.25) is 0 Å². The van der Waals surface area contributed by atoms with Crippen molar-refractivity contribution in [3.05, 3.63) is 34.3 Å². The molecule has 6 heteroatoms. The van der Waals surface area contributed by atoms with E-state index in [1.165, 1.54) is 4.88 Å². The zero-order valence-electron chi connectivity index (χ0n) is 12.8. The van der Waals surface area contributed by atoms with Crippen molar-refractivity contribution in [1.82, 2.24) is 9.97 Å². The molecule has 2 rings (SSSR count). The molecule has 0 unspecified atom stereocenters. The van der Waals surface area contributed by atoms with Gasteiger partial charge in [-0.3, -0.25) is 0 Å². The van der Waals surface area contributed by atoms with Crippen LogP contribution < -0.4 is 16.2 Å². The quantitative estimate of drug-likeness (QED) is 0.607. The van der Waals surface area contributed by atoms with Gasteiger partial charge >= 0.3 is 0 Å². The van der Waals surface area contributed by atoms with E-state index in [-0.39, 0.29) is 0 Å². The molecule has 0 spiro atoms. The third-order valence-electron chi connectivity index (χ3n) is 3.36. The standard InChI is InChI=1S/C15H23N5S/c1-4-6-13-14(19-16)17-10-18-15(13)20(11(2)3)9-12-7-5-8-21-12/h5,7-8,10-11H,4,6,9,16H2,1-3H3,(H,17,18,19). The number of nitrogen functional groups attached to an aromatic ring is 1. The Bertz CT molecular complexity index is 553. The van der Waals surface area contributed by atoms with Crippen molar-refractivity contribution in [2.75, 3.05) is 10.3 Å². The van der Waals surface area contributed by atoms with Gasteiger partial charge in [-0.15, -0.1) is 11.3 Å². The summed E-state index contributed by atoms with van der Waals surface area (Å²) in [5.74, 6) is 7.30. The van der Waals surface area contributed by atoms with Gasteiger partial charge in [0.15, 0.2) is 0 Å². The predicted molar refractivity (Wildman–Crippen MR) is 89.5 cm³/mol. The lowest BCUT2D eigenvalue weighted by Crippen LogP contribution is -2.32. The van der Waals surface area contributed by atoms with Crippen LogP contribution in [0.15, 0.2) is 23.8 Å². The van der Waals surface area contributed by atoms with Crippen LogP contribution in [-0.4, -0.2) is 16.0 Å². The summed E-state index contributed by atoms with van der Waals surface area (Å²) in [5, 5.41) is 2.10. The molecule has 0 atom stereocenters. The Hall–Kier alpha value is -1.66. The fourth-order valence-electron chi connectivity index (χ4n) is 2.33. The summed E-state index contributed by atoms with van der Waals surface area (Å²) in [7, 11) is 0. The van der Waals surface area contributed by atoms with Crippen LogP contribution >= 0.6 is 11.3 Å². The molecule has 0 bridgehead atoms. The molecule has 0 amide bonds. The van der Waals surface area contributed by atoms with Gasteiger partial charge in [-0.25, -0.2) is 15.8 Å². The Kier molecular flexibility index (Phi) is 5.52. The van der Waals surface area contributed by atoms with E-state index in [4.69, 9.17) is 5.84 Å². The second-order valence-electron chi connectivity index (χ2n) is 5.22. The van der Waals surface area contributed by atoms with Crippen molar-refractivity contribution in [3.8, 4) is 0 Å². The summed E-state index contributed by atoms with van der Waals surface area (Å²) in [5.41, 5.74) is 3.79. The molecule has 2 aromatic rings. The van der Waals surface area contributed by atoms with Crippen LogP contribution in [0.25, 0.3) is 0 Å². The number of hydrogen-bond acceptors (Lipinski definition) is 6. The van der Waals surface area contributed by atoms with E-state index in [1.54, 1.807) is 17.7 Å². The average molecular weight is 305 g/mol. The highest BCUT2D eigenvalue weighted by Crippen LogP contribution is 2.28. The number of hydrogen-bond donors (Lipinski definition) is 2. The second kappa shape index (κ2) is 7.38. The number of nitrogens with two attached hydrogens (primary N) is 1. The van der Waals surface area contributed by atoms with Crippen molar-refractivity contribution in [1.29, 1.82) is 0 Å². The molecule has 5 nitrogen and oxygen atoms in total. The van der Waals surface area contributed by atoms with Crippen LogP contribution in [0.4, 0.5) is 11.6 Å². The summed E-state index contributed by atoms with van der Waals surface area (Å²) < 4.78 is 0. The summed E-state index contributed by atoms with van der Waals surface area (Å²) in [6, 6.07) is 4.59. The number of anilines is 2. The van der Waals surface area contributed by atoms with E-state index in [9.17, 15) is 0 Å². The maximum atomic E-state index is 5.61. The molecule has 0 aliphatic heterocycles. The maximum absolute atomic E-state index is 5.61. The minimum Gasteiger partial charge on any atom is -0.349 e. The van der Waals surface area contributed by atoms with E-state index in [1.807, 2.05) is 0 Å². The van der Waals surface area contributed by atoms with Gasteiger partial charge in [-0.05, 0) is 31.7 Å². The molecule has 0 aromatic carbocycles. The Morgan fingerprint density at radius 2 is 2.19 bits per heavy atom. The molecule has 3 N–H and O–H groups in total. The molecule has 2 heterocycles. The average Bonchev–Trinajstić information content (AvgIpc) is 2.98. The fourth-order valence-corrected chi connectivity index (χ4v) is 3.03. The molecule has 0 aliphatic rings. The van der Waals surface area contributed by atoms with Crippen LogP contribution in [0.5, 0.6) is 0 Å². The van der Waals surface area contributed by atoms with Crippen LogP contribution in [0.3, 0.4) is 0 Å². The SMILES string of the molecule is CCCc1c(NN)ncnc1N(Cc1cccs1)C(C)C. The zero-order valence-corrected chi connectivity index (χ0v) is 13.7. The molecule has 21 heavy (non-hydrogen) atoms. The minimum absolute atomic E-state index is 0.350. The third kappa shape index (κ3) is 3.71. The van der Waals surface area contributed by atoms with Gasteiger partial charge in [-0.1, -0.05) is 19.4 Å². The lowest BCUT2D eigenvalue weighted by Gasteiger charge is -2.29. The Morgan fingerprint density at radius 1 is 1.38 bits per heavy atom. The first-order valence-electron chi connectivity index (χ1n) is 7.26. The van der Waals surface area contributed by atoms with Gasteiger partial charge in [0.25, 0.3) is 0 Å². The number of hydrazine groups is 1. The van der Waals surface area contributed by atoms with Crippen molar-refractivity contribution >= 4 is 23.0 Å². The first-order valence-corrected chi connectivity index (χ1v) is 8.14. The maximum Gasteiger partial charge on any atom is 0.148 e. The molecule has 2 aromatic heterocycles. The summed E-state index contributed by atoms with van der Waals surface area (Å²) in [6.07, 6.45) is 3.51. The van der Waals surface area contributed by atoms with Gasteiger partial charge in [0, 0.05) is 16.5 Å². The highest BCUT2D eigenvalue weighted by atomic mass is 32.1. The van der Waals surface area contributed by atoms with Gasteiger partial charge in [0.05, 0.1) is 6.54 Å². The first-order chi connectivity index (χ1) is 10.2. The molecule has 0 saturated carbocycles. The van der Waals surface area contributed by atoms with Gasteiger partial charge in [0.1, 0.15) is 18.0 Å². The first kappa shape index (κ1) is 15.7. The molecule has 0 aliphatic carbocycles. The van der Waals surface area contributed by atoms with Gasteiger partial charge < -0.3 is 10.3 Å². The van der Waals surface area contributed by atoms with Crippen LogP contribution in [-0.2, 0) is 13.0 Å². The molecule has 0 radical (unpaired) electrons. The van der Waals surface area contributed by atoms with Crippen LogP contribution in [0.1, 0.15) is 37.6 Å². The molecular formula is C15H23N5S. The molecule has 0 fully saturated rings. The second-order valence-corrected chi connectivity index (χ2v) is 6.25. The molecular weight excluding hydrogens is 282 g/mol. The van der Waals surface area contributed by atoms with E-state index >= 15 is 0 Å². The van der Waals surface area contributed by atoms with E-state index in [0.717, 1.165) is 36.6 Å². The third-order valence-corrected chi connectivity index (χ3v) is 4.22. The number of nitrogens with zero attached hydrogens (tertiary/aromatic N) is 3. The van der Waals surface area contributed by atoms with E-state index in [0.29, 0.717) is 6.04 Å². The lowest BCUT2D eigenvalue weighted by atomic mass is 10.1. The van der Waals surface area contributed by atoms with E-state index < -0.39 is 0 Å². The molecule has 114 valence electrons. The van der Waals surface area contributed by atoms with Crippen molar-refractivity contribution in [2.24, 2.45) is 5.84 Å². The van der Waals surface area contributed by atoms with Gasteiger partial charge in [-0.2, -0.15) is 0 Å². The topological polar surface area (TPSA) is 67.1 Å². The normalized spacial score (nSPS) is 10.9. The number of thiophene rings is 1. The van der Waals surface area contributed by atoms with Crippen molar-refractivity contribution in [2.45, 2.75) is 46.2 Å². The summed E-state index contributed by atoms with van der Waals surface area (Å²) in [6.45, 7) is 7.37. The monoisotopic (exact) mass is 305 g/mol. The largest absolute Gasteiger partial charge is 0.349 e. The molecule has 0 saturated heterocycles. The van der Waals surface area contributed by atoms with Crippen molar-refractivity contribution in [3.63, 3.8) is 0 Å². The smallest absolute Gasteiger partial charge is 0.148 e. The highest BCUT2D eigenvalue weighted by Gasteiger charge is 2.19.